The number of amides is 1. The lowest BCUT2D eigenvalue weighted by Crippen LogP contribution is -2.35. The number of carbonyl (C=O) groups excluding carboxylic acids is 1. The van der Waals surface area contributed by atoms with Crippen molar-refractivity contribution in [2.45, 2.75) is 24.7 Å². The molecule has 3 nitrogen and oxygen atoms in total. The molecule has 0 aliphatic carbocycles. The minimum atomic E-state index is -0.249. The number of aryl methyl sites for hydroxylation is 2. The highest BCUT2D eigenvalue weighted by Gasteiger charge is 2.20. The van der Waals surface area contributed by atoms with Crippen LogP contribution in [0.1, 0.15) is 22.6 Å². The van der Waals surface area contributed by atoms with E-state index in [4.69, 9.17) is 5.84 Å². The molecule has 0 spiro atoms. The number of rotatable bonds is 5. The fourth-order valence-corrected chi connectivity index (χ4v) is 3.40. The molecule has 1 amide bonds. The third-order valence-corrected chi connectivity index (χ3v) is 4.66. The summed E-state index contributed by atoms with van der Waals surface area (Å²) in [5.74, 6) is 5.59. The Hall–Kier alpha value is -1.78. The Kier molecular flexibility index (Phi) is 5.42. The molecular formula is C17H20N2OS. The molecule has 110 valence electrons. The number of nitrogens with two attached hydrogens (primary N) is 1. The lowest BCUT2D eigenvalue weighted by molar-refractivity contribution is -0.122. The van der Waals surface area contributed by atoms with E-state index in [1.165, 1.54) is 16.0 Å². The fraction of sp³-hybridized carbons (Fsp3) is 0.235. The predicted octanol–water partition coefficient (Wildman–Crippen LogP) is 3.17. The van der Waals surface area contributed by atoms with Crippen LogP contribution in [0.25, 0.3) is 0 Å². The monoisotopic (exact) mass is 300 g/mol. The van der Waals surface area contributed by atoms with E-state index in [1.807, 2.05) is 30.3 Å². The fourth-order valence-electron chi connectivity index (χ4n) is 2.15. The average Bonchev–Trinajstić information content (AvgIpc) is 2.51. The molecule has 0 heterocycles. The van der Waals surface area contributed by atoms with Crippen LogP contribution in [-0.4, -0.2) is 11.7 Å². The first-order valence-electron chi connectivity index (χ1n) is 6.87. The van der Waals surface area contributed by atoms with Gasteiger partial charge in [0.1, 0.15) is 0 Å². The lowest BCUT2D eigenvalue weighted by atomic mass is 10.0. The second-order valence-corrected chi connectivity index (χ2v) is 6.11. The molecule has 0 radical (unpaired) electrons. The van der Waals surface area contributed by atoms with Gasteiger partial charge in [-0.2, -0.15) is 0 Å². The summed E-state index contributed by atoms with van der Waals surface area (Å²) in [6.07, 6.45) is 0. The van der Waals surface area contributed by atoms with E-state index < -0.39 is 0 Å². The molecule has 0 fully saturated rings. The highest BCUT2D eigenvalue weighted by molar-refractivity contribution is 7.99. The highest BCUT2D eigenvalue weighted by Crippen LogP contribution is 2.29. The van der Waals surface area contributed by atoms with Gasteiger partial charge >= 0.3 is 0 Å². The van der Waals surface area contributed by atoms with Gasteiger partial charge < -0.3 is 0 Å². The Balaban J connectivity index is 2.16. The lowest BCUT2D eigenvalue weighted by Gasteiger charge is -2.16. The molecule has 0 saturated carbocycles. The number of hydrogen-bond acceptors (Lipinski definition) is 3. The highest BCUT2D eigenvalue weighted by atomic mass is 32.2. The summed E-state index contributed by atoms with van der Waals surface area (Å²) >= 11 is 1.69. The number of hydrazine groups is 1. The quantitative estimate of drug-likeness (QED) is 0.386. The Labute approximate surface area is 129 Å². The first-order chi connectivity index (χ1) is 10.1. The molecule has 2 rings (SSSR count). The van der Waals surface area contributed by atoms with Crippen LogP contribution < -0.4 is 11.3 Å². The van der Waals surface area contributed by atoms with Gasteiger partial charge in [-0.25, -0.2) is 5.84 Å². The van der Waals surface area contributed by atoms with Crippen LogP contribution in [0.15, 0.2) is 53.4 Å². The van der Waals surface area contributed by atoms with Crippen molar-refractivity contribution in [2.24, 2.45) is 5.84 Å². The van der Waals surface area contributed by atoms with Crippen molar-refractivity contribution in [3.63, 3.8) is 0 Å². The van der Waals surface area contributed by atoms with Crippen molar-refractivity contribution >= 4 is 17.7 Å². The van der Waals surface area contributed by atoms with Gasteiger partial charge in [0.2, 0.25) is 5.91 Å². The Bertz CT molecular complexity index is 613. The summed E-state index contributed by atoms with van der Waals surface area (Å²) in [5, 5.41) is 0. The minimum absolute atomic E-state index is 0.154. The zero-order valence-corrected chi connectivity index (χ0v) is 13.1. The molecule has 0 aromatic heterocycles. The van der Waals surface area contributed by atoms with E-state index >= 15 is 0 Å². The topological polar surface area (TPSA) is 55.1 Å². The van der Waals surface area contributed by atoms with Crippen LogP contribution in [0.2, 0.25) is 0 Å². The molecule has 3 N–H and O–H groups in total. The van der Waals surface area contributed by atoms with Crippen LogP contribution >= 0.6 is 11.8 Å². The smallest absolute Gasteiger partial charge is 0.242 e. The Morgan fingerprint density at radius 1 is 1.19 bits per heavy atom. The Morgan fingerprint density at radius 2 is 1.90 bits per heavy atom. The van der Waals surface area contributed by atoms with Gasteiger partial charge in [-0.3, -0.25) is 10.2 Å². The maximum Gasteiger partial charge on any atom is 0.242 e. The van der Waals surface area contributed by atoms with Crippen molar-refractivity contribution in [3.05, 3.63) is 65.2 Å². The maximum atomic E-state index is 12.0. The van der Waals surface area contributed by atoms with Crippen molar-refractivity contribution in [3.8, 4) is 0 Å². The second-order valence-electron chi connectivity index (χ2n) is 5.05. The summed E-state index contributed by atoms with van der Waals surface area (Å²) in [4.78, 5) is 13.2. The molecule has 2 aromatic carbocycles. The van der Waals surface area contributed by atoms with Crippen molar-refractivity contribution < 1.29 is 4.79 Å². The van der Waals surface area contributed by atoms with E-state index in [9.17, 15) is 4.79 Å². The van der Waals surface area contributed by atoms with Crippen LogP contribution in [0.3, 0.4) is 0 Å². The SMILES string of the molecule is Cc1ccc(C)c(SCC(C(=O)NN)c2ccccc2)c1. The molecule has 0 aliphatic rings. The number of thioether (sulfide) groups is 1. The predicted molar refractivity (Wildman–Crippen MR) is 88.2 cm³/mol. The second kappa shape index (κ2) is 7.29. The largest absolute Gasteiger partial charge is 0.294 e. The zero-order valence-electron chi connectivity index (χ0n) is 12.3. The molecule has 2 aromatic rings. The summed E-state index contributed by atoms with van der Waals surface area (Å²) in [6.45, 7) is 4.16. The average molecular weight is 300 g/mol. The van der Waals surface area contributed by atoms with Crippen LogP contribution in [0.4, 0.5) is 0 Å². The number of benzene rings is 2. The van der Waals surface area contributed by atoms with E-state index in [2.05, 4.69) is 37.5 Å². The van der Waals surface area contributed by atoms with Crippen molar-refractivity contribution in [2.75, 3.05) is 5.75 Å². The van der Waals surface area contributed by atoms with Gasteiger partial charge in [0, 0.05) is 10.6 Å². The molecule has 0 saturated heterocycles. The normalized spacial score (nSPS) is 12.0. The van der Waals surface area contributed by atoms with Crippen molar-refractivity contribution in [1.29, 1.82) is 0 Å². The van der Waals surface area contributed by atoms with Crippen molar-refractivity contribution in [1.82, 2.24) is 5.43 Å². The molecule has 0 bridgehead atoms. The van der Waals surface area contributed by atoms with Gasteiger partial charge in [-0.1, -0.05) is 48.0 Å². The number of carbonyl (C=O) groups is 1. The number of nitrogens with one attached hydrogen (secondary N) is 1. The minimum Gasteiger partial charge on any atom is -0.294 e. The van der Waals surface area contributed by atoms with E-state index in [1.54, 1.807) is 11.8 Å². The molecule has 4 heteroatoms. The third-order valence-electron chi connectivity index (χ3n) is 3.41. The van der Waals surface area contributed by atoms with Crippen LogP contribution in [0.5, 0.6) is 0 Å². The summed E-state index contributed by atoms with van der Waals surface area (Å²) in [7, 11) is 0. The third kappa shape index (κ3) is 4.09. The molecular weight excluding hydrogens is 280 g/mol. The van der Waals surface area contributed by atoms with E-state index in [-0.39, 0.29) is 11.8 Å². The van der Waals surface area contributed by atoms with Gasteiger partial charge in [0.25, 0.3) is 0 Å². The molecule has 1 atom stereocenters. The molecule has 0 aliphatic heterocycles. The summed E-state index contributed by atoms with van der Waals surface area (Å²) in [5.41, 5.74) is 5.71. The van der Waals surface area contributed by atoms with Gasteiger partial charge in [0.05, 0.1) is 5.92 Å². The van der Waals surface area contributed by atoms with E-state index in [0.717, 1.165) is 5.56 Å². The van der Waals surface area contributed by atoms with Gasteiger partial charge in [-0.15, -0.1) is 11.8 Å². The zero-order chi connectivity index (χ0) is 15.2. The maximum absolute atomic E-state index is 12.0. The van der Waals surface area contributed by atoms with Gasteiger partial charge in [-0.05, 0) is 31.0 Å². The summed E-state index contributed by atoms with van der Waals surface area (Å²) < 4.78 is 0. The summed E-state index contributed by atoms with van der Waals surface area (Å²) in [6, 6.07) is 16.1. The van der Waals surface area contributed by atoms with Crippen LogP contribution in [0, 0.1) is 13.8 Å². The Morgan fingerprint density at radius 3 is 2.57 bits per heavy atom. The van der Waals surface area contributed by atoms with Crippen LogP contribution in [-0.2, 0) is 4.79 Å². The standard InChI is InChI=1S/C17H20N2OS/c1-12-8-9-13(2)16(10-12)21-11-15(17(20)19-18)14-6-4-3-5-7-14/h3-10,15H,11,18H2,1-2H3,(H,19,20). The number of hydrogen-bond donors (Lipinski definition) is 2. The van der Waals surface area contributed by atoms with E-state index in [0.29, 0.717) is 5.75 Å². The van der Waals surface area contributed by atoms with Gasteiger partial charge in [0.15, 0.2) is 0 Å². The first-order valence-corrected chi connectivity index (χ1v) is 7.86. The molecule has 21 heavy (non-hydrogen) atoms. The molecule has 1 unspecified atom stereocenters. The first kappa shape index (κ1) is 15.6.